The number of nitrogens with zero attached hydrogens (tertiary/aromatic N) is 5. The van der Waals surface area contributed by atoms with Crippen LogP contribution in [-0.2, 0) is 9.59 Å². The molecule has 64 heavy (non-hydrogen) atoms. The zero-order valence-corrected chi connectivity index (χ0v) is 36.2. The van der Waals surface area contributed by atoms with Gasteiger partial charge in [0.2, 0.25) is 11.8 Å². The summed E-state index contributed by atoms with van der Waals surface area (Å²) in [5.41, 5.74) is 10.8. The van der Waals surface area contributed by atoms with Crippen LogP contribution in [-0.4, -0.2) is 78.8 Å². The summed E-state index contributed by atoms with van der Waals surface area (Å²) in [6, 6.07) is 28.2. The largest absolute Gasteiger partial charge is 0.491 e. The van der Waals surface area contributed by atoms with Gasteiger partial charge >= 0.3 is 5.97 Å². The lowest BCUT2D eigenvalue weighted by Crippen LogP contribution is -2.40. The first-order chi connectivity index (χ1) is 31.2. The van der Waals surface area contributed by atoms with Crippen LogP contribution in [0.5, 0.6) is 17.2 Å². The van der Waals surface area contributed by atoms with Gasteiger partial charge in [-0.2, -0.15) is 5.10 Å². The number of carbonyl (C=O) groups is 3. The Kier molecular flexibility index (Phi) is 14.0. The Morgan fingerprint density at radius 1 is 0.875 bits per heavy atom. The first kappa shape index (κ1) is 43.7. The standard InChI is InChI=1S/C49H51ClN8O6/c50-40-28-41-38(39(29-53-41)49(61)62)27-37(40)36-16-10-11-17-42(36)63-26-24-52-43(59)18-8-3-1-2-4-9-19-44(60)57-25-12-13-33(30-57)58-48-45(47(51)54-31-55-48)46(56-58)32-20-22-35(23-21-32)64-34-14-6-5-7-15-34/h5-7,10-11,14-17,20-23,27-29,31,33,53H,1-4,8-9,12-13,18-19,24-26,30H2,(H,52,59)(H,61,62)(H2,51,54,55)/t33-/m1/s1. The molecule has 1 atom stereocenters. The molecule has 5 N–H and O–H groups in total. The van der Waals surface area contributed by atoms with Crippen LogP contribution in [0.25, 0.3) is 44.3 Å². The third kappa shape index (κ3) is 10.3. The number of nitrogen functional groups attached to an aromatic ring is 1. The van der Waals surface area contributed by atoms with Crippen LogP contribution >= 0.6 is 11.6 Å². The van der Waals surface area contributed by atoms with Gasteiger partial charge in [-0.25, -0.2) is 19.4 Å². The number of H-pyrrole nitrogens is 1. The highest BCUT2D eigenvalue weighted by Gasteiger charge is 2.29. The van der Waals surface area contributed by atoms with Gasteiger partial charge in [0.05, 0.1) is 28.6 Å². The SMILES string of the molecule is Nc1ncnc2c1c(-c1ccc(Oc3ccccc3)cc1)nn2[C@@H]1CCCN(C(=O)CCCCCCCCC(=O)NCCOc2ccccc2-c2cc3c(C(=O)O)c[nH]c3cc2Cl)C1. The summed E-state index contributed by atoms with van der Waals surface area (Å²) in [6.45, 7) is 1.88. The van der Waals surface area contributed by atoms with Crippen molar-refractivity contribution in [2.45, 2.75) is 70.3 Å². The molecule has 4 aromatic carbocycles. The number of ether oxygens (including phenoxy) is 2. The van der Waals surface area contributed by atoms with E-state index in [0.717, 1.165) is 74.8 Å². The average Bonchev–Trinajstić information content (AvgIpc) is 3.92. The fourth-order valence-corrected chi connectivity index (χ4v) is 8.61. The van der Waals surface area contributed by atoms with Gasteiger partial charge in [0.15, 0.2) is 5.65 Å². The molecule has 0 saturated carbocycles. The number of halogens is 1. The monoisotopic (exact) mass is 882 g/mol. The summed E-state index contributed by atoms with van der Waals surface area (Å²) >= 11 is 6.60. The molecular weight excluding hydrogens is 832 g/mol. The van der Waals surface area contributed by atoms with E-state index in [1.54, 1.807) is 12.1 Å². The van der Waals surface area contributed by atoms with Gasteiger partial charge in [0.25, 0.3) is 0 Å². The number of aromatic carboxylic acids is 1. The fraction of sp³-hybridized carbons (Fsp3) is 0.306. The van der Waals surface area contributed by atoms with Crippen molar-refractivity contribution in [3.8, 4) is 39.6 Å². The number of hydrogen-bond donors (Lipinski definition) is 4. The van der Waals surface area contributed by atoms with E-state index in [4.69, 9.17) is 31.9 Å². The summed E-state index contributed by atoms with van der Waals surface area (Å²) in [6.07, 6.45) is 11.1. The van der Waals surface area contributed by atoms with Crippen molar-refractivity contribution in [1.29, 1.82) is 0 Å². The van der Waals surface area contributed by atoms with Gasteiger partial charge in [-0.05, 0) is 80.3 Å². The molecule has 1 saturated heterocycles. The molecular formula is C49H51ClN8O6. The van der Waals surface area contributed by atoms with Gasteiger partial charge in [0, 0.05) is 59.7 Å². The number of unbranched alkanes of at least 4 members (excludes halogenated alkanes) is 5. The number of carboxylic acids is 1. The van der Waals surface area contributed by atoms with Gasteiger partial charge < -0.3 is 35.5 Å². The number of benzene rings is 4. The molecule has 0 spiro atoms. The summed E-state index contributed by atoms with van der Waals surface area (Å²) in [5.74, 6) is 1.51. The summed E-state index contributed by atoms with van der Waals surface area (Å²) in [5, 5.41) is 19.3. The third-order valence-corrected chi connectivity index (χ3v) is 11.9. The van der Waals surface area contributed by atoms with Gasteiger partial charge in [-0.3, -0.25) is 9.59 Å². The van der Waals surface area contributed by atoms with Crippen molar-refractivity contribution in [2.24, 2.45) is 0 Å². The van der Waals surface area contributed by atoms with E-state index in [0.29, 0.717) is 81.5 Å². The number of carboxylic acid groups (broad SMARTS) is 1. The number of piperidine rings is 1. The number of amides is 2. The molecule has 2 amide bonds. The Labute approximate surface area is 375 Å². The predicted molar refractivity (Wildman–Crippen MR) is 248 cm³/mol. The van der Waals surface area contributed by atoms with Crippen molar-refractivity contribution in [1.82, 2.24) is 34.9 Å². The van der Waals surface area contributed by atoms with E-state index in [9.17, 15) is 19.5 Å². The average molecular weight is 883 g/mol. The highest BCUT2D eigenvalue weighted by molar-refractivity contribution is 6.34. The minimum atomic E-state index is -1.03. The Balaban J connectivity index is 0.736. The van der Waals surface area contributed by atoms with Crippen molar-refractivity contribution in [2.75, 3.05) is 32.0 Å². The molecule has 4 heterocycles. The van der Waals surface area contributed by atoms with Crippen molar-refractivity contribution in [3.63, 3.8) is 0 Å². The molecule has 7 aromatic rings. The van der Waals surface area contributed by atoms with E-state index < -0.39 is 5.97 Å². The minimum Gasteiger partial charge on any atom is -0.491 e. The number of likely N-dealkylation sites (tertiary alicyclic amines) is 1. The number of aromatic nitrogens is 5. The van der Waals surface area contributed by atoms with Gasteiger partial charge in [0.1, 0.15) is 41.7 Å². The predicted octanol–water partition coefficient (Wildman–Crippen LogP) is 9.85. The van der Waals surface area contributed by atoms with Crippen molar-refractivity contribution in [3.05, 3.63) is 114 Å². The number of rotatable bonds is 19. The quantitative estimate of drug-likeness (QED) is 0.0569. The smallest absolute Gasteiger partial charge is 0.337 e. The van der Waals surface area contributed by atoms with E-state index in [2.05, 4.69) is 20.3 Å². The fourth-order valence-electron chi connectivity index (χ4n) is 8.35. The number of carbonyl (C=O) groups excluding carboxylic acids is 2. The van der Waals surface area contributed by atoms with Gasteiger partial charge in [-0.1, -0.05) is 73.7 Å². The number of nitrogens with one attached hydrogen (secondary N) is 2. The molecule has 15 heteroatoms. The lowest BCUT2D eigenvalue weighted by Gasteiger charge is -2.33. The van der Waals surface area contributed by atoms with E-state index >= 15 is 0 Å². The number of para-hydroxylation sites is 2. The summed E-state index contributed by atoms with van der Waals surface area (Å²) in [4.78, 5) is 51.5. The Morgan fingerprint density at radius 3 is 2.41 bits per heavy atom. The first-order valence-corrected chi connectivity index (χ1v) is 22.2. The molecule has 0 bridgehead atoms. The Hall–Kier alpha value is -6.93. The highest BCUT2D eigenvalue weighted by Crippen LogP contribution is 2.39. The molecule has 1 aliphatic rings. The second-order valence-corrected chi connectivity index (χ2v) is 16.4. The molecule has 330 valence electrons. The molecule has 0 unspecified atom stereocenters. The van der Waals surface area contributed by atoms with Crippen LogP contribution in [0.1, 0.15) is 80.6 Å². The molecule has 3 aromatic heterocycles. The van der Waals surface area contributed by atoms with Crippen LogP contribution in [0, 0.1) is 0 Å². The molecule has 0 radical (unpaired) electrons. The van der Waals surface area contributed by atoms with Crippen LogP contribution in [0.3, 0.4) is 0 Å². The van der Waals surface area contributed by atoms with E-state index in [1.165, 1.54) is 12.5 Å². The first-order valence-electron chi connectivity index (χ1n) is 21.9. The number of hydrogen-bond acceptors (Lipinski definition) is 9. The minimum absolute atomic E-state index is 0.0250. The Morgan fingerprint density at radius 2 is 1.61 bits per heavy atom. The maximum atomic E-state index is 13.4. The normalized spacial score (nSPS) is 13.9. The number of aromatic amines is 1. The van der Waals surface area contributed by atoms with Crippen LogP contribution < -0.4 is 20.5 Å². The second-order valence-electron chi connectivity index (χ2n) is 16.0. The second kappa shape index (κ2) is 20.5. The van der Waals surface area contributed by atoms with Crippen LogP contribution in [0.4, 0.5) is 5.82 Å². The maximum absolute atomic E-state index is 13.4. The molecule has 8 rings (SSSR count). The van der Waals surface area contributed by atoms with E-state index in [1.807, 2.05) is 88.4 Å². The lowest BCUT2D eigenvalue weighted by atomic mass is 10.0. The highest BCUT2D eigenvalue weighted by atomic mass is 35.5. The summed E-state index contributed by atoms with van der Waals surface area (Å²) in [7, 11) is 0. The van der Waals surface area contributed by atoms with Crippen LogP contribution in [0.15, 0.2) is 104 Å². The zero-order chi connectivity index (χ0) is 44.4. The van der Waals surface area contributed by atoms with Crippen molar-refractivity contribution < 1.29 is 29.0 Å². The molecule has 1 fully saturated rings. The molecule has 14 nitrogen and oxygen atoms in total. The van der Waals surface area contributed by atoms with Crippen molar-refractivity contribution >= 4 is 57.1 Å². The number of fused-ring (bicyclic) bond motifs is 2. The Bertz CT molecular complexity index is 2740. The zero-order valence-electron chi connectivity index (χ0n) is 35.5. The van der Waals surface area contributed by atoms with Gasteiger partial charge in [-0.15, -0.1) is 0 Å². The topological polar surface area (TPSA) is 191 Å². The summed E-state index contributed by atoms with van der Waals surface area (Å²) < 4.78 is 14.0. The lowest BCUT2D eigenvalue weighted by molar-refractivity contribution is -0.133. The third-order valence-electron chi connectivity index (χ3n) is 11.6. The van der Waals surface area contributed by atoms with E-state index in [-0.39, 0.29) is 30.0 Å². The maximum Gasteiger partial charge on any atom is 0.337 e. The molecule has 0 aliphatic carbocycles. The number of anilines is 1. The molecule has 1 aliphatic heterocycles. The number of nitrogens with two attached hydrogens (primary N) is 1. The van der Waals surface area contributed by atoms with Crippen LogP contribution in [0.2, 0.25) is 5.02 Å².